The third-order valence-corrected chi connectivity index (χ3v) is 5.87. The van der Waals surface area contributed by atoms with E-state index in [2.05, 4.69) is 36.5 Å². The fourth-order valence-electron chi connectivity index (χ4n) is 2.82. The summed E-state index contributed by atoms with van der Waals surface area (Å²) >= 11 is 7.85. The highest BCUT2D eigenvalue weighted by molar-refractivity contribution is 7.99. The van der Waals surface area contributed by atoms with E-state index in [9.17, 15) is 9.59 Å². The Bertz CT molecular complexity index is 824. The predicted molar refractivity (Wildman–Crippen MR) is 122 cm³/mol. The molecule has 4 nitrogen and oxygen atoms in total. The van der Waals surface area contributed by atoms with E-state index in [-0.39, 0.29) is 17.9 Å². The van der Waals surface area contributed by atoms with Crippen molar-refractivity contribution in [2.24, 2.45) is 0 Å². The van der Waals surface area contributed by atoms with E-state index in [1.165, 1.54) is 11.1 Å². The number of amides is 2. The SMILES string of the molecule is Cc1ccc(CSCC(=O)N(Cc2ccccc2Cl)[C@@H](C)C(=O)NC(C)C)cc1. The molecular weight excluding hydrogens is 404 g/mol. The van der Waals surface area contributed by atoms with Gasteiger partial charge in [-0.05, 0) is 44.9 Å². The summed E-state index contributed by atoms with van der Waals surface area (Å²) in [7, 11) is 0. The number of nitrogens with zero attached hydrogens (tertiary/aromatic N) is 1. The highest BCUT2D eigenvalue weighted by Gasteiger charge is 2.26. The number of halogens is 1. The van der Waals surface area contributed by atoms with Gasteiger partial charge in [-0.2, -0.15) is 0 Å². The van der Waals surface area contributed by atoms with Crippen molar-refractivity contribution >= 4 is 35.2 Å². The lowest BCUT2D eigenvalue weighted by Crippen LogP contribution is -2.49. The van der Waals surface area contributed by atoms with Crippen molar-refractivity contribution in [2.75, 3.05) is 5.75 Å². The molecule has 0 fully saturated rings. The van der Waals surface area contributed by atoms with Crippen LogP contribution in [-0.4, -0.2) is 34.6 Å². The Kier molecular flexibility index (Phi) is 9.05. The number of thioether (sulfide) groups is 1. The Morgan fingerprint density at radius 1 is 1.07 bits per heavy atom. The lowest BCUT2D eigenvalue weighted by atomic mass is 10.1. The lowest BCUT2D eigenvalue weighted by Gasteiger charge is -2.29. The van der Waals surface area contributed by atoms with Crippen molar-refractivity contribution in [2.45, 2.75) is 52.1 Å². The first-order chi connectivity index (χ1) is 13.8. The number of rotatable bonds is 9. The summed E-state index contributed by atoms with van der Waals surface area (Å²) in [6, 6.07) is 15.1. The van der Waals surface area contributed by atoms with Gasteiger partial charge in [0.2, 0.25) is 11.8 Å². The summed E-state index contributed by atoms with van der Waals surface area (Å²) in [6.45, 7) is 7.93. The van der Waals surface area contributed by atoms with E-state index < -0.39 is 6.04 Å². The average molecular weight is 433 g/mol. The highest BCUT2D eigenvalue weighted by Crippen LogP contribution is 2.20. The smallest absolute Gasteiger partial charge is 0.242 e. The van der Waals surface area contributed by atoms with Gasteiger partial charge < -0.3 is 10.2 Å². The Morgan fingerprint density at radius 2 is 1.72 bits per heavy atom. The van der Waals surface area contributed by atoms with E-state index in [0.29, 0.717) is 17.3 Å². The van der Waals surface area contributed by atoms with Crippen LogP contribution in [0.5, 0.6) is 0 Å². The van der Waals surface area contributed by atoms with Crippen molar-refractivity contribution in [1.29, 1.82) is 0 Å². The molecule has 2 aromatic rings. The number of hydrogen-bond donors (Lipinski definition) is 1. The lowest BCUT2D eigenvalue weighted by molar-refractivity contribution is -0.138. The van der Waals surface area contributed by atoms with Gasteiger partial charge in [0.15, 0.2) is 0 Å². The Labute approximate surface area is 183 Å². The molecule has 2 amide bonds. The second kappa shape index (κ2) is 11.3. The van der Waals surface area contributed by atoms with Crippen molar-refractivity contribution in [3.8, 4) is 0 Å². The molecule has 2 aromatic carbocycles. The van der Waals surface area contributed by atoms with Crippen molar-refractivity contribution in [3.63, 3.8) is 0 Å². The molecule has 0 spiro atoms. The Balaban J connectivity index is 2.07. The maximum Gasteiger partial charge on any atom is 0.242 e. The maximum absolute atomic E-state index is 13.0. The minimum atomic E-state index is -0.582. The molecule has 0 saturated heterocycles. The molecule has 156 valence electrons. The quantitative estimate of drug-likeness (QED) is 0.617. The van der Waals surface area contributed by atoms with Crippen LogP contribution in [0.25, 0.3) is 0 Å². The van der Waals surface area contributed by atoms with Gasteiger partial charge in [0.25, 0.3) is 0 Å². The number of benzene rings is 2. The Hall–Kier alpha value is -1.98. The summed E-state index contributed by atoms with van der Waals surface area (Å²) in [6.07, 6.45) is 0. The number of aryl methyl sites for hydroxylation is 1. The molecular formula is C23H29ClN2O2S. The molecule has 0 aliphatic rings. The minimum Gasteiger partial charge on any atom is -0.352 e. The first kappa shape index (κ1) is 23.3. The van der Waals surface area contributed by atoms with Crippen molar-refractivity contribution < 1.29 is 9.59 Å². The highest BCUT2D eigenvalue weighted by atomic mass is 35.5. The second-order valence-corrected chi connectivity index (χ2v) is 8.82. The van der Waals surface area contributed by atoms with Gasteiger partial charge in [-0.25, -0.2) is 0 Å². The Morgan fingerprint density at radius 3 is 2.34 bits per heavy atom. The maximum atomic E-state index is 13.0. The second-order valence-electron chi connectivity index (χ2n) is 7.43. The normalized spacial score (nSPS) is 11.9. The van der Waals surface area contributed by atoms with Crippen LogP contribution >= 0.6 is 23.4 Å². The van der Waals surface area contributed by atoms with Crippen LogP contribution in [0.2, 0.25) is 5.02 Å². The van der Waals surface area contributed by atoms with Gasteiger partial charge in [0.1, 0.15) is 6.04 Å². The minimum absolute atomic E-state index is 0.0122. The number of nitrogens with one attached hydrogen (secondary N) is 1. The van der Waals surface area contributed by atoms with Crippen LogP contribution in [0.1, 0.15) is 37.5 Å². The topological polar surface area (TPSA) is 49.4 Å². The number of hydrogen-bond acceptors (Lipinski definition) is 3. The van der Waals surface area contributed by atoms with E-state index in [1.807, 2.05) is 32.0 Å². The third-order valence-electron chi connectivity index (χ3n) is 4.51. The van der Waals surface area contributed by atoms with Gasteiger partial charge in [-0.3, -0.25) is 9.59 Å². The van der Waals surface area contributed by atoms with E-state index in [0.717, 1.165) is 11.3 Å². The molecule has 1 N–H and O–H groups in total. The van der Waals surface area contributed by atoms with Gasteiger partial charge in [0, 0.05) is 23.4 Å². The van der Waals surface area contributed by atoms with Crippen molar-refractivity contribution in [3.05, 3.63) is 70.2 Å². The summed E-state index contributed by atoms with van der Waals surface area (Å²) in [5, 5.41) is 3.48. The van der Waals surface area contributed by atoms with Crippen LogP contribution in [-0.2, 0) is 21.9 Å². The molecule has 6 heteroatoms. The number of carbonyl (C=O) groups is 2. The van der Waals surface area contributed by atoms with Gasteiger partial charge >= 0.3 is 0 Å². The average Bonchev–Trinajstić information content (AvgIpc) is 2.67. The molecule has 2 rings (SSSR count). The summed E-state index contributed by atoms with van der Waals surface area (Å²) in [5.74, 6) is 0.813. The molecule has 0 radical (unpaired) electrons. The number of carbonyl (C=O) groups excluding carboxylic acids is 2. The fourth-order valence-corrected chi connectivity index (χ4v) is 3.89. The van der Waals surface area contributed by atoms with Gasteiger partial charge in [-0.15, -0.1) is 11.8 Å². The molecule has 29 heavy (non-hydrogen) atoms. The monoisotopic (exact) mass is 432 g/mol. The largest absolute Gasteiger partial charge is 0.352 e. The molecule has 0 bridgehead atoms. The molecule has 0 unspecified atom stereocenters. The fraction of sp³-hybridized carbons (Fsp3) is 0.391. The predicted octanol–water partition coefficient (Wildman–Crippen LogP) is 4.82. The molecule has 1 atom stereocenters. The summed E-state index contributed by atoms with van der Waals surface area (Å²) < 4.78 is 0. The summed E-state index contributed by atoms with van der Waals surface area (Å²) in [4.78, 5) is 27.2. The molecule has 0 aliphatic carbocycles. The van der Waals surface area contributed by atoms with Crippen LogP contribution in [0, 0.1) is 6.92 Å². The first-order valence-corrected chi connectivity index (χ1v) is 11.3. The van der Waals surface area contributed by atoms with E-state index in [1.54, 1.807) is 29.7 Å². The van der Waals surface area contributed by atoms with Crippen LogP contribution in [0.4, 0.5) is 0 Å². The first-order valence-electron chi connectivity index (χ1n) is 9.74. The van der Waals surface area contributed by atoms with Crippen molar-refractivity contribution in [1.82, 2.24) is 10.2 Å². The standard InChI is InChI=1S/C23H29ClN2O2S/c1-16(2)25-23(28)18(4)26(13-20-7-5-6-8-21(20)24)22(27)15-29-14-19-11-9-17(3)10-12-19/h5-12,16,18H,13-15H2,1-4H3,(H,25,28)/t18-/m0/s1. The van der Waals surface area contributed by atoms with Gasteiger partial charge in [0.05, 0.1) is 5.75 Å². The van der Waals surface area contributed by atoms with Crippen LogP contribution in [0.15, 0.2) is 48.5 Å². The van der Waals surface area contributed by atoms with E-state index in [4.69, 9.17) is 11.6 Å². The zero-order chi connectivity index (χ0) is 21.4. The van der Waals surface area contributed by atoms with Gasteiger partial charge in [-0.1, -0.05) is 59.6 Å². The molecule has 0 saturated carbocycles. The molecule has 0 aliphatic heterocycles. The summed E-state index contributed by atoms with van der Waals surface area (Å²) in [5.41, 5.74) is 3.22. The third kappa shape index (κ3) is 7.41. The molecule has 0 aromatic heterocycles. The van der Waals surface area contributed by atoms with Crippen LogP contribution in [0.3, 0.4) is 0 Å². The zero-order valence-corrected chi connectivity index (χ0v) is 19.0. The van der Waals surface area contributed by atoms with E-state index >= 15 is 0 Å². The van der Waals surface area contributed by atoms with Crippen LogP contribution < -0.4 is 5.32 Å². The zero-order valence-electron chi connectivity index (χ0n) is 17.4. The molecule has 0 heterocycles.